The lowest BCUT2D eigenvalue weighted by atomic mass is 10.2. The summed E-state index contributed by atoms with van der Waals surface area (Å²) < 4.78 is 44.1. The highest BCUT2D eigenvalue weighted by Crippen LogP contribution is 2.32. The van der Waals surface area contributed by atoms with Gasteiger partial charge in [0, 0.05) is 29.0 Å². The first-order valence-electron chi connectivity index (χ1n) is 9.85. The second-order valence-corrected chi connectivity index (χ2v) is 7.30. The molecule has 0 unspecified atom stereocenters. The van der Waals surface area contributed by atoms with Gasteiger partial charge in [0.15, 0.2) is 0 Å². The van der Waals surface area contributed by atoms with Crippen LogP contribution in [0.25, 0.3) is 0 Å². The molecule has 1 heterocycles. The summed E-state index contributed by atoms with van der Waals surface area (Å²) >= 11 is 0. The van der Waals surface area contributed by atoms with E-state index in [0.717, 1.165) is 25.0 Å². The Bertz CT molecular complexity index is 1130. The standard InChI is InChI=1S/C22H20F3N5O2/c1-32-21-29-18(26-15-5-2-4-14(10-15)22(23,24)25)12-19(30-21)27-16-6-3-7-17(11-16)28-20(31)13-8-9-13/h2-7,10-13H,8-9H2,1H3,(H,28,31)(H2,26,27,29,30). The third-order valence-electron chi connectivity index (χ3n) is 4.70. The van der Waals surface area contributed by atoms with E-state index < -0.39 is 11.7 Å². The first-order valence-corrected chi connectivity index (χ1v) is 9.85. The lowest BCUT2D eigenvalue weighted by Gasteiger charge is -2.13. The number of hydrogen-bond acceptors (Lipinski definition) is 6. The molecule has 166 valence electrons. The van der Waals surface area contributed by atoms with Gasteiger partial charge in [0.1, 0.15) is 11.6 Å². The van der Waals surface area contributed by atoms with E-state index in [0.29, 0.717) is 17.2 Å². The molecule has 0 radical (unpaired) electrons. The normalized spacial score (nSPS) is 13.4. The van der Waals surface area contributed by atoms with Crippen LogP contribution in [0.3, 0.4) is 0 Å². The van der Waals surface area contributed by atoms with Crippen LogP contribution >= 0.6 is 0 Å². The minimum atomic E-state index is -4.45. The summed E-state index contributed by atoms with van der Waals surface area (Å²) in [6.45, 7) is 0. The number of hydrogen-bond donors (Lipinski definition) is 3. The minimum Gasteiger partial charge on any atom is -0.467 e. The van der Waals surface area contributed by atoms with Crippen LogP contribution < -0.4 is 20.7 Å². The summed E-state index contributed by atoms with van der Waals surface area (Å²) in [4.78, 5) is 20.3. The maximum absolute atomic E-state index is 13.0. The second-order valence-electron chi connectivity index (χ2n) is 7.30. The van der Waals surface area contributed by atoms with Crippen LogP contribution in [0.15, 0.2) is 54.6 Å². The van der Waals surface area contributed by atoms with Crippen molar-refractivity contribution in [2.45, 2.75) is 19.0 Å². The Morgan fingerprint density at radius 3 is 2.12 bits per heavy atom. The van der Waals surface area contributed by atoms with Crippen molar-refractivity contribution in [1.29, 1.82) is 0 Å². The van der Waals surface area contributed by atoms with Gasteiger partial charge in [-0.1, -0.05) is 12.1 Å². The summed E-state index contributed by atoms with van der Waals surface area (Å²) in [6.07, 6.45) is -2.63. The third kappa shape index (κ3) is 5.45. The molecule has 1 saturated carbocycles. The summed E-state index contributed by atoms with van der Waals surface area (Å²) in [5, 5.41) is 8.82. The number of rotatable bonds is 7. The van der Waals surface area contributed by atoms with Gasteiger partial charge in [0.2, 0.25) is 5.91 Å². The van der Waals surface area contributed by atoms with Crippen LogP contribution in [0.4, 0.5) is 41.9 Å². The van der Waals surface area contributed by atoms with Gasteiger partial charge < -0.3 is 20.7 Å². The van der Waals surface area contributed by atoms with Crippen LogP contribution in [0, 0.1) is 5.92 Å². The summed E-state index contributed by atoms with van der Waals surface area (Å²) in [6, 6.07) is 13.5. The lowest BCUT2D eigenvalue weighted by molar-refractivity contribution is -0.137. The van der Waals surface area contributed by atoms with E-state index in [1.54, 1.807) is 24.3 Å². The molecule has 0 aliphatic heterocycles. The van der Waals surface area contributed by atoms with Crippen molar-refractivity contribution in [3.05, 3.63) is 60.2 Å². The number of ether oxygens (including phenoxy) is 1. The Kier molecular flexibility index (Phi) is 5.85. The molecule has 7 nitrogen and oxygen atoms in total. The van der Waals surface area contributed by atoms with Crippen LogP contribution in [0.5, 0.6) is 6.01 Å². The number of anilines is 5. The number of aromatic nitrogens is 2. The molecule has 3 aromatic rings. The smallest absolute Gasteiger partial charge is 0.416 e. The van der Waals surface area contributed by atoms with Crippen LogP contribution in [0.1, 0.15) is 18.4 Å². The average molecular weight is 443 g/mol. The van der Waals surface area contributed by atoms with Crippen molar-refractivity contribution in [3.63, 3.8) is 0 Å². The first-order chi connectivity index (χ1) is 15.3. The Morgan fingerprint density at radius 1 is 0.938 bits per heavy atom. The van der Waals surface area contributed by atoms with E-state index in [1.165, 1.54) is 25.3 Å². The quantitative estimate of drug-likeness (QED) is 0.457. The Balaban J connectivity index is 1.53. The molecule has 1 aliphatic rings. The zero-order chi connectivity index (χ0) is 22.7. The molecule has 10 heteroatoms. The summed E-state index contributed by atoms with van der Waals surface area (Å²) in [7, 11) is 1.39. The predicted molar refractivity (Wildman–Crippen MR) is 114 cm³/mol. The van der Waals surface area contributed by atoms with Crippen LogP contribution in [0.2, 0.25) is 0 Å². The Morgan fingerprint density at radius 2 is 1.53 bits per heavy atom. The number of benzene rings is 2. The monoisotopic (exact) mass is 443 g/mol. The topological polar surface area (TPSA) is 88.2 Å². The molecule has 0 atom stereocenters. The molecule has 0 bridgehead atoms. The molecule has 1 aliphatic carbocycles. The van der Waals surface area contributed by atoms with Gasteiger partial charge in [-0.2, -0.15) is 23.1 Å². The first kappa shape index (κ1) is 21.4. The van der Waals surface area contributed by atoms with Gasteiger partial charge in [-0.25, -0.2) is 0 Å². The number of alkyl halides is 3. The summed E-state index contributed by atoms with van der Waals surface area (Å²) in [5.41, 5.74) is 0.753. The Labute approximate surface area is 182 Å². The zero-order valence-electron chi connectivity index (χ0n) is 17.0. The minimum absolute atomic E-state index is 0.00145. The SMILES string of the molecule is COc1nc(Nc2cccc(NC(=O)C3CC3)c2)cc(Nc2cccc(C(F)(F)F)c2)n1. The molecule has 3 N–H and O–H groups in total. The fourth-order valence-corrected chi connectivity index (χ4v) is 2.98. The highest BCUT2D eigenvalue weighted by atomic mass is 19.4. The molecular formula is C22H20F3N5O2. The molecular weight excluding hydrogens is 423 g/mol. The predicted octanol–water partition coefficient (Wildman–Crippen LogP) is 5.34. The number of nitrogens with zero attached hydrogens (tertiary/aromatic N) is 2. The number of carbonyl (C=O) groups excluding carboxylic acids is 1. The number of halogens is 3. The van der Waals surface area contributed by atoms with E-state index in [9.17, 15) is 18.0 Å². The average Bonchev–Trinajstić information content (AvgIpc) is 3.59. The second kappa shape index (κ2) is 8.74. The van der Waals surface area contributed by atoms with Crippen molar-refractivity contribution < 1.29 is 22.7 Å². The van der Waals surface area contributed by atoms with E-state index >= 15 is 0 Å². The molecule has 4 rings (SSSR count). The highest BCUT2D eigenvalue weighted by Gasteiger charge is 2.30. The maximum Gasteiger partial charge on any atom is 0.416 e. The molecule has 0 saturated heterocycles. The molecule has 32 heavy (non-hydrogen) atoms. The highest BCUT2D eigenvalue weighted by molar-refractivity contribution is 5.94. The van der Waals surface area contributed by atoms with E-state index in [-0.39, 0.29) is 29.3 Å². The number of nitrogens with one attached hydrogen (secondary N) is 3. The third-order valence-corrected chi connectivity index (χ3v) is 4.70. The maximum atomic E-state index is 13.0. The van der Waals surface area contributed by atoms with Crippen molar-refractivity contribution in [1.82, 2.24) is 9.97 Å². The number of amides is 1. The van der Waals surface area contributed by atoms with E-state index in [2.05, 4.69) is 25.9 Å². The molecule has 1 aromatic heterocycles. The van der Waals surface area contributed by atoms with Gasteiger partial charge in [0.05, 0.1) is 12.7 Å². The van der Waals surface area contributed by atoms with Crippen LogP contribution in [-0.4, -0.2) is 23.0 Å². The largest absolute Gasteiger partial charge is 0.467 e. The fourth-order valence-electron chi connectivity index (χ4n) is 2.98. The van der Waals surface area contributed by atoms with Gasteiger partial charge >= 0.3 is 12.2 Å². The summed E-state index contributed by atoms with van der Waals surface area (Å²) in [5.74, 6) is 0.689. The van der Waals surface area contributed by atoms with Gasteiger partial charge in [0.25, 0.3) is 0 Å². The van der Waals surface area contributed by atoms with Gasteiger partial charge in [-0.15, -0.1) is 0 Å². The molecule has 1 amide bonds. The number of methoxy groups -OCH3 is 1. The lowest BCUT2D eigenvalue weighted by Crippen LogP contribution is -2.13. The van der Waals surface area contributed by atoms with Gasteiger partial charge in [-0.3, -0.25) is 4.79 Å². The van der Waals surface area contributed by atoms with Crippen molar-refractivity contribution >= 4 is 34.6 Å². The van der Waals surface area contributed by atoms with Crippen molar-refractivity contribution in [2.75, 3.05) is 23.1 Å². The van der Waals surface area contributed by atoms with Crippen molar-refractivity contribution in [3.8, 4) is 6.01 Å². The number of carbonyl (C=O) groups is 1. The molecule has 2 aromatic carbocycles. The van der Waals surface area contributed by atoms with Crippen LogP contribution in [-0.2, 0) is 11.0 Å². The zero-order valence-corrected chi connectivity index (χ0v) is 17.0. The molecule has 1 fully saturated rings. The van der Waals surface area contributed by atoms with E-state index in [4.69, 9.17) is 4.74 Å². The Hall–Kier alpha value is -3.82. The van der Waals surface area contributed by atoms with Gasteiger partial charge in [-0.05, 0) is 49.2 Å². The van der Waals surface area contributed by atoms with Crippen molar-refractivity contribution in [2.24, 2.45) is 5.92 Å². The van der Waals surface area contributed by atoms with E-state index in [1.807, 2.05) is 0 Å². The molecule has 0 spiro atoms. The fraction of sp³-hybridized carbons (Fsp3) is 0.227.